The van der Waals surface area contributed by atoms with Crippen LogP contribution in [0.15, 0.2) is 47.8 Å². The van der Waals surface area contributed by atoms with Crippen LogP contribution >= 0.6 is 0 Å². The number of amides is 2. The Morgan fingerprint density at radius 1 is 1.12 bits per heavy atom. The van der Waals surface area contributed by atoms with E-state index in [-0.39, 0.29) is 34.4 Å². The van der Waals surface area contributed by atoms with Crippen LogP contribution in [0, 0.1) is 0 Å². The van der Waals surface area contributed by atoms with Gasteiger partial charge in [-0.1, -0.05) is 6.07 Å². The van der Waals surface area contributed by atoms with Crippen molar-refractivity contribution in [2.24, 2.45) is 0 Å². The summed E-state index contributed by atoms with van der Waals surface area (Å²) >= 11 is 0. The molecule has 0 aliphatic carbocycles. The van der Waals surface area contributed by atoms with Gasteiger partial charge in [0.1, 0.15) is 16.2 Å². The summed E-state index contributed by atoms with van der Waals surface area (Å²) in [6.07, 6.45) is 6.69. The number of benzene rings is 1. The van der Waals surface area contributed by atoms with Crippen molar-refractivity contribution in [1.29, 1.82) is 0 Å². The van der Waals surface area contributed by atoms with Crippen molar-refractivity contribution in [2.45, 2.75) is 56.6 Å². The maximum absolute atomic E-state index is 13.5. The monoisotopic (exact) mass is 582 g/mol. The number of carbonyl (C=O) groups is 2. The normalized spacial score (nSPS) is 16.1. The third-order valence-corrected chi connectivity index (χ3v) is 8.40. The number of sulfonamides is 1. The van der Waals surface area contributed by atoms with Crippen LogP contribution in [0.25, 0.3) is 11.1 Å². The Kier molecular flexibility index (Phi) is 7.64. The van der Waals surface area contributed by atoms with Crippen LogP contribution in [0.2, 0.25) is 0 Å². The summed E-state index contributed by atoms with van der Waals surface area (Å²) in [5.74, 6) is -0.112. The molecule has 2 aliphatic rings. The Hall–Kier alpha value is -4.13. The highest BCUT2D eigenvalue weighted by atomic mass is 32.2. The maximum Gasteiger partial charge on any atom is 0.410 e. The van der Waals surface area contributed by atoms with E-state index in [2.05, 4.69) is 20.1 Å². The second-order valence-corrected chi connectivity index (χ2v) is 12.8. The number of rotatable bonds is 6. The van der Waals surface area contributed by atoms with E-state index in [0.29, 0.717) is 42.9 Å². The van der Waals surface area contributed by atoms with Gasteiger partial charge in [0.05, 0.1) is 42.5 Å². The number of nitrogens with one attached hydrogen (secondary N) is 2. The average molecular weight is 583 g/mol. The van der Waals surface area contributed by atoms with Crippen LogP contribution < -0.4 is 14.8 Å². The van der Waals surface area contributed by atoms with E-state index in [0.717, 1.165) is 18.4 Å². The van der Waals surface area contributed by atoms with Crippen molar-refractivity contribution in [3.8, 4) is 16.9 Å². The second kappa shape index (κ2) is 11.0. The van der Waals surface area contributed by atoms with E-state index in [9.17, 15) is 18.0 Å². The van der Waals surface area contributed by atoms with Gasteiger partial charge in [-0.3, -0.25) is 19.2 Å². The van der Waals surface area contributed by atoms with Gasteiger partial charge in [0.15, 0.2) is 0 Å². The van der Waals surface area contributed by atoms with Gasteiger partial charge in [0.25, 0.3) is 15.9 Å². The van der Waals surface area contributed by atoms with Crippen molar-refractivity contribution in [3.63, 3.8) is 0 Å². The number of hydrogen-bond donors (Lipinski definition) is 2. The maximum atomic E-state index is 13.5. The summed E-state index contributed by atoms with van der Waals surface area (Å²) in [5, 5.41) is 7.27. The smallest absolute Gasteiger partial charge is 0.410 e. The van der Waals surface area contributed by atoms with Crippen LogP contribution in [0.4, 0.5) is 10.5 Å². The zero-order valence-electron chi connectivity index (χ0n) is 23.5. The molecule has 1 fully saturated rings. The number of pyridine rings is 1. The number of nitrogens with zero attached hydrogens (tertiary/aromatic N) is 4. The number of aromatic nitrogens is 3. The molecule has 12 nitrogen and oxygen atoms in total. The minimum Gasteiger partial charge on any atom is -0.495 e. The number of hydrogen-bond acceptors (Lipinski definition) is 8. The highest BCUT2D eigenvalue weighted by Gasteiger charge is 2.28. The molecule has 0 saturated carbocycles. The van der Waals surface area contributed by atoms with Crippen LogP contribution in [-0.4, -0.2) is 72.4 Å². The molecule has 0 atom stereocenters. The van der Waals surface area contributed by atoms with Crippen molar-refractivity contribution in [1.82, 2.24) is 25.0 Å². The minimum absolute atomic E-state index is 0.0573. The lowest BCUT2D eigenvalue weighted by atomic mass is 10.1. The molecule has 218 valence electrons. The standard InChI is InChI=1S/C28H34N6O6S/c1-28(2,3)40-27(36)33-11-8-21(9-12-33)34-17-19(15-31-34)18-5-6-24(39-4)25(13-18)41(37,38)32-20-14-22-23(30-16-20)7-10-29-26(22)35/h5-6,13-17,21,32H,7-12H2,1-4H3,(H,29,35). The highest BCUT2D eigenvalue weighted by molar-refractivity contribution is 7.92. The molecule has 1 saturated heterocycles. The van der Waals surface area contributed by atoms with Gasteiger partial charge in [-0.25, -0.2) is 13.2 Å². The molecule has 0 spiro atoms. The first-order chi connectivity index (χ1) is 19.4. The van der Waals surface area contributed by atoms with E-state index < -0.39 is 15.6 Å². The van der Waals surface area contributed by atoms with E-state index in [1.807, 2.05) is 31.6 Å². The summed E-state index contributed by atoms with van der Waals surface area (Å²) in [4.78, 5) is 30.5. The molecule has 41 heavy (non-hydrogen) atoms. The van der Waals surface area contributed by atoms with Gasteiger partial charge >= 0.3 is 6.09 Å². The predicted octanol–water partition coefficient (Wildman–Crippen LogP) is 3.61. The molecular weight excluding hydrogens is 548 g/mol. The Morgan fingerprint density at radius 2 is 1.88 bits per heavy atom. The van der Waals surface area contributed by atoms with E-state index in [1.54, 1.807) is 23.2 Å². The van der Waals surface area contributed by atoms with Crippen molar-refractivity contribution in [2.75, 3.05) is 31.5 Å². The summed E-state index contributed by atoms with van der Waals surface area (Å²) in [7, 11) is -2.69. The molecule has 2 aromatic heterocycles. The quantitative estimate of drug-likeness (QED) is 0.449. The topological polar surface area (TPSA) is 145 Å². The minimum atomic E-state index is -4.09. The van der Waals surface area contributed by atoms with Crippen LogP contribution in [-0.2, 0) is 21.2 Å². The van der Waals surface area contributed by atoms with E-state index in [4.69, 9.17) is 9.47 Å². The Labute approximate surface area is 239 Å². The number of piperidine rings is 1. The van der Waals surface area contributed by atoms with Crippen molar-refractivity contribution >= 4 is 27.7 Å². The number of anilines is 1. The second-order valence-electron chi connectivity index (χ2n) is 11.1. The number of methoxy groups -OCH3 is 1. The first kappa shape index (κ1) is 28.4. The first-order valence-corrected chi connectivity index (χ1v) is 14.9. The molecule has 0 bridgehead atoms. The fourth-order valence-electron chi connectivity index (χ4n) is 4.94. The number of carbonyl (C=O) groups excluding carboxylic acids is 2. The summed E-state index contributed by atoms with van der Waals surface area (Å²) in [5.41, 5.74) is 2.00. The molecule has 0 unspecified atom stereocenters. The number of likely N-dealkylation sites (tertiary alicyclic amines) is 1. The largest absolute Gasteiger partial charge is 0.495 e. The summed E-state index contributed by atoms with van der Waals surface area (Å²) in [6.45, 7) is 7.16. The Morgan fingerprint density at radius 3 is 2.59 bits per heavy atom. The third kappa shape index (κ3) is 6.29. The Bertz CT molecular complexity index is 1570. The molecule has 4 heterocycles. The van der Waals surface area contributed by atoms with Crippen LogP contribution in [0.1, 0.15) is 55.7 Å². The first-order valence-electron chi connectivity index (χ1n) is 13.4. The van der Waals surface area contributed by atoms with E-state index >= 15 is 0 Å². The molecular formula is C28H34N6O6S. The zero-order chi connectivity index (χ0) is 29.4. The van der Waals surface area contributed by atoms with Gasteiger partial charge in [0, 0.05) is 37.8 Å². The van der Waals surface area contributed by atoms with Crippen molar-refractivity contribution < 1.29 is 27.5 Å². The summed E-state index contributed by atoms with van der Waals surface area (Å²) < 4.78 is 42.2. The fourth-order valence-corrected chi connectivity index (χ4v) is 6.17. The van der Waals surface area contributed by atoms with Gasteiger partial charge in [-0.15, -0.1) is 0 Å². The molecule has 2 amide bonds. The zero-order valence-corrected chi connectivity index (χ0v) is 24.3. The van der Waals surface area contributed by atoms with Gasteiger partial charge in [0.2, 0.25) is 0 Å². The van der Waals surface area contributed by atoms with Crippen LogP contribution in [0.5, 0.6) is 5.75 Å². The number of ether oxygens (including phenoxy) is 2. The predicted molar refractivity (Wildman–Crippen MR) is 151 cm³/mol. The van der Waals surface area contributed by atoms with Gasteiger partial charge in [-0.2, -0.15) is 5.10 Å². The fraction of sp³-hybridized carbons (Fsp3) is 0.429. The van der Waals surface area contributed by atoms with Crippen LogP contribution in [0.3, 0.4) is 0 Å². The van der Waals surface area contributed by atoms with E-state index in [1.165, 1.54) is 25.4 Å². The number of fused-ring (bicyclic) bond motifs is 1. The lowest BCUT2D eigenvalue weighted by Gasteiger charge is -2.33. The highest BCUT2D eigenvalue weighted by Crippen LogP contribution is 2.32. The van der Waals surface area contributed by atoms with Gasteiger partial charge in [-0.05, 0) is 57.4 Å². The molecule has 5 rings (SSSR count). The van der Waals surface area contributed by atoms with Gasteiger partial charge < -0.3 is 19.7 Å². The van der Waals surface area contributed by atoms with Crippen molar-refractivity contribution in [3.05, 3.63) is 54.1 Å². The Balaban J connectivity index is 1.33. The molecule has 2 aliphatic heterocycles. The molecule has 1 aromatic carbocycles. The molecule has 13 heteroatoms. The molecule has 0 radical (unpaired) electrons. The third-order valence-electron chi connectivity index (χ3n) is 6.99. The molecule has 3 aromatic rings. The lowest BCUT2D eigenvalue weighted by molar-refractivity contribution is 0.0184. The molecule has 2 N–H and O–H groups in total. The average Bonchev–Trinajstić information content (AvgIpc) is 3.43. The lowest BCUT2D eigenvalue weighted by Crippen LogP contribution is -2.42. The summed E-state index contributed by atoms with van der Waals surface area (Å²) in [6, 6.07) is 6.49. The SMILES string of the molecule is COc1ccc(-c2cnn(C3CCN(C(=O)OC(C)(C)C)CC3)c2)cc1S(=O)(=O)Nc1cnc2c(c1)C(=O)NCC2.